The molecule has 0 radical (unpaired) electrons. The summed E-state index contributed by atoms with van der Waals surface area (Å²) in [6.07, 6.45) is 1.43. The van der Waals surface area contributed by atoms with Crippen molar-refractivity contribution in [3.63, 3.8) is 0 Å². The number of H-pyrrole nitrogens is 1. The van der Waals surface area contributed by atoms with Crippen molar-refractivity contribution in [1.29, 1.82) is 0 Å². The maximum atomic E-state index is 13.4. The highest BCUT2D eigenvalue weighted by molar-refractivity contribution is 7.89. The lowest BCUT2D eigenvalue weighted by atomic mass is 10.0. The first kappa shape index (κ1) is 21.3. The number of hydrogen-bond acceptors (Lipinski definition) is 4. The number of amides is 1. The highest BCUT2D eigenvalue weighted by atomic mass is 32.2. The zero-order chi connectivity index (χ0) is 22.0. The van der Waals surface area contributed by atoms with Crippen LogP contribution in [0.2, 0.25) is 0 Å². The van der Waals surface area contributed by atoms with Crippen LogP contribution in [-0.4, -0.2) is 34.9 Å². The second-order valence-electron chi connectivity index (χ2n) is 8.00. The van der Waals surface area contributed by atoms with Crippen molar-refractivity contribution in [2.75, 3.05) is 5.32 Å². The largest absolute Gasteiger partial charge is 0.305 e. The van der Waals surface area contributed by atoms with E-state index in [4.69, 9.17) is 0 Å². The minimum Gasteiger partial charge on any atom is -0.305 e. The van der Waals surface area contributed by atoms with Crippen molar-refractivity contribution >= 4 is 21.7 Å². The lowest BCUT2D eigenvalue weighted by molar-refractivity contribution is 0.102. The van der Waals surface area contributed by atoms with Crippen LogP contribution in [0.4, 0.5) is 5.82 Å². The molecule has 1 saturated heterocycles. The van der Waals surface area contributed by atoms with Crippen LogP contribution < -0.4 is 5.32 Å². The van der Waals surface area contributed by atoms with E-state index in [1.807, 2.05) is 44.2 Å². The average molecular weight is 439 g/mol. The number of aromatic nitrogens is 2. The van der Waals surface area contributed by atoms with E-state index in [2.05, 4.69) is 15.5 Å². The number of sulfonamides is 1. The van der Waals surface area contributed by atoms with Gasteiger partial charge in [-0.15, -0.1) is 0 Å². The number of carbonyl (C=O) groups is 1. The summed E-state index contributed by atoms with van der Waals surface area (Å²) in [7, 11) is -3.49. The van der Waals surface area contributed by atoms with Gasteiger partial charge in [0.25, 0.3) is 5.91 Å². The first-order valence-corrected chi connectivity index (χ1v) is 11.8. The molecule has 8 heteroatoms. The number of carbonyl (C=O) groups excluding carboxylic acids is 1. The van der Waals surface area contributed by atoms with Gasteiger partial charge in [0.1, 0.15) is 5.25 Å². The molecule has 0 bridgehead atoms. The number of nitrogens with one attached hydrogen (secondary N) is 2. The Balaban J connectivity index is 1.49. The zero-order valence-corrected chi connectivity index (χ0v) is 18.4. The Morgan fingerprint density at radius 2 is 1.84 bits per heavy atom. The highest BCUT2D eigenvalue weighted by Gasteiger charge is 2.40. The molecule has 1 fully saturated rings. The fourth-order valence-corrected chi connectivity index (χ4v) is 6.16. The Morgan fingerprint density at radius 3 is 2.48 bits per heavy atom. The van der Waals surface area contributed by atoms with Crippen LogP contribution in [0.1, 0.15) is 52.2 Å². The number of nitrogens with zero attached hydrogens (tertiary/aromatic N) is 2. The predicted molar refractivity (Wildman–Crippen MR) is 120 cm³/mol. The lowest BCUT2D eigenvalue weighted by Crippen LogP contribution is -2.44. The number of hydrogen-bond donors (Lipinski definition) is 2. The van der Waals surface area contributed by atoms with E-state index in [0.29, 0.717) is 17.8 Å². The number of aromatic amines is 1. The van der Waals surface area contributed by atoms with Crippen LogP contribution in [-0.2, 0) is 16.6 Å². The predicted octanol–water partition coefficient (Wildman–Crippen LogP) is 4.03. The van der Waals surface area contributed by atoms with Crippen molar-refractivity contribution in [1.82, 2.24) is 14.5 Å². The molecule has 0 spiro atoms. The Hall–Kier alpha value is -2.97. The van der Waals surface area contributed by atoms with Gasteiger partial charge in [-0.2, -0.15) is 9.40 Å². The number of anilines is 1. The van der Waals surface area contributed by atoms with Gasteiger partial charge in [-0.25, -0.2) is 8.42 Å². The lowest BCUT2D eigenvalue weighted by Gasteiger charge is -2.37. The summed E-state index contributed by atoms with van der Waals surface area (Å²) in [5.74, 6) is 0.202. The summed E-state index contributed by atoms with van der Waals surface area (Å²) in [6, 6.07) is 18.1. The molecular weight excluding hydrogens is 412 g/mol. The van der Waals surface area contributed by atoms with Gasteiger partial charge in [0.15, 0.2) is 5.82 Å². The van der Waals surface area contributed by atoms with Crippen molar-refractivity contribution in [3.05, 3.63) is 83.0 Å². The van der Waals surface area contributed by atoms with E-state index < -0.39 is 15.3 Å². The van der Waals surface area contributed by atoms with Crippen LogP contribution in [0.15, 0.2) is 60.7 Å². The second-order valence-corrected chi connectivity index (χ2v) is 10.1. The Labute approximate surface area is 182 Å². The van der Waals surface area contributed by atoms with Gasteiger partial charge < -0.3 is 5.32 Å². The van der Waals surface area contributed by atoms with Crippen LogP contribution in [0.3, 0.4) is 0 Å². The number of aryl methyl sites for hydroxylation is 1. The maximum absolute atomic E-state index is 13.4. The summed E-state index contributed by atoms with van der Waals surface area (Å²) in [4.78, 5) is 12.4. The summed E-state index contributed by atoms with van der Waals surface area (Å²) >= 11 is 0. The van der Waals surface area contributed by atoms with E-state index >= 15 is 0 Å². The molecule has 2 unspecified atom stereocenters. The zero-order valence-electron chi connectivity index (χ0n) is 17.6. The molecule has 1 amide bonds. The summed E-state index contributed by atoms with van der Waals surface area (Å²) in [5, 5.41) is 9.00. The molecule has 31 heavy (non-hydrogen) atoms. The first-order chi connectivity index (χ1) is 14.8. The fourth-order valence-electron chi connectivity index (χ4n) is 3.96. The van der Waals surface area contributed by atoms with Gasteiger partial charge in [-0.05, 0) is 49.9 Å². The van der Waals surface area contributed by atoms with E-state index in [0.717, 1.165) is 23.2 Å². The molecule has 2 aromatic carbocycles. The summed E-state index contributed by atoms with van der Waals surface area (Å²) in [5.41, 5.74) is 3.02. The topological polar surface area (TPSA) is 95.2 Å². The quantitative estimate of drug-likeness (QED) is 0.629. The average Bonchev–Trinajstić information content (AvgIpc) is 3.16. The Morgan fingerprint density at radius 1 is 1.13 bits per heavy atom. The van der Waals surface area contributed by atoms with Gasteiger partial charge in [0.05, 0.1) is 0 Å². The molecule has 3 aromatic rings. The van der Waals surface area contributed by atoms with E-state index in [9.17, 15) is 13.2 Å². The molecule has 7 nitrogen and oxygen atoms in total. The molecule has 2 heterocycles. The monoisotopic (exact) mass is 438 g/mol. The standard InChI is InChI=1S/C23H26N4O3S/c1-16-14-22(26-25-16)24-23(28)20-11-9-18(10-12-20)15-27-17(2)8-13-21(31(27,29)30)19-6-4-3-5-7-19/h3-7,9-12,14,17,21H,8,13,15H2,1-2H3,(H2,24,25,26,28). The molecule has 162 valence electrons. The fraction of sp³-hybridized carbons (Fsp3) is 0.304. The molecular formula is C23H26N4O3S. The van der Waals surface area contributed by atoms with Crippen molar-refractivity contribution in [2.45, 2.75) is 44.5 Å². The van der Waals surface area contributed by atoms with Gasteiger partial charge >= 0.3 is 0 Å². The maximum Gasteiger partial charge on any atom is 0.256 e. The van der Waals surface area contributed by atoms with E-state index in [1.165, 1.54) is 0 Å². The molecule has 0 aliphatic carbocycles. The summed E-state index contributed by atoms with van der Waals surface area (Å²) in [6.45, 7) is 4.09. The van der Waals surface area contributed by atoms with Crippen molar-refractivity contribution < 1.29 is 13.2 Å². The third-order valence-corrected chi connectivity index (χ3v) is 8.07. The van der Waals surface area contributed by atoms with Crippen LogP contribution in [0.25, 0.3) is 0 Å². The molecule has 4 rings (SSSR count). The first-order valence-electron chi connectivity index (χ1n) is 10.3. The molecule has 0 saturated carbocycles. The van der Waals surface area contributed by atoms with Crippen molar-refractivity contribution in [3.8, 4) is 0 Å². The molecule has 1 aliphatic rings. The molecule has 1 aromatic heterocycles. The van der Waals surface area contributed by atoms with Crippen LogP contribution in [0.5, 0.6) is 0 Å². The minimum atomic E-state index is -3.49. The van der Waals surface area contributed by atoms with Crippen LogP contribution in [0, 0.1) is 6.92 Å². The Bertz CT molecular complexity index is 1160. The summed E-state index contributed by atoms with van der Waals surface area (Å²) < 4.78 is 28.3. The molecule has 1 aliphatic heterocycles. The second kappa shape index (κ2) is 8.64. The highest BCUT2D eigenvalue weighted by Crippen LogP contribution is 2.38. The van der Waals surface area contributed by atoms with Gasteiger partial charge in [0.2, 0.25) is 10.0 Å². The molecule has 2 atom stereocenters. The van der Waals surface area contributed by atoms with E-state index in [-0.39, 0.29) is 18.5 Å². The Kier molecular flexibility index (Phi) is 5.93. The minimum absolute atomic E-state index is 0.0733. The van der Waals surface area contributed by atoms with Gasteiger partial charge in [-0.1, -0.05) is 42.5 Å². The third kappa shape index (κ3) is 4.55. The third-order valence-electron chi connectivity index (χ3n) is 5.70. The normalized spacial score (nSPS) is 21.0. The van der Waals surface area contributed by atoms with E-state index in [1.54, 1.807) is 34.6 Å². The van der Waals surface area contributed by atoms with Crippen LogP contribution >= 0.6 is 0 Å². The van der Waals surface area contributed by atoms with Gasteiger partial charge in [-0.3, -0.25) is 9.89 Å². The molecule has 2 N–H and O–H groups in total. The smallest absolute Gasteiger partial charge is 0.256 e. The number of benzene rings is 2. The van der Waals surface area contributed by atoms with Gasteiger partial charge in [0, 0.05) is 29.9 Å². The SMILES string of the molecule is Cc1cc(NC(=O)c2ccc(CN3C(C)CCC(c4ccccc4)S3(=O)=O)cc2)n[nH]1. The van der Waals surface area contributed by atoms with Crippen molar-refractivity contribution in [2.24, 2.45) is 0 Å². The number of rotatable bonds is 5.